The van der Waals surface area contributed by atoms with Crippen molar-refractivity contribution < 1.29 is 4.74 Å². The largest absolute Gasteiger partial charge is 0.501 e. The predicted octanol–water partition coefficient (Wildman–Crippen LogP) is 1.73. The number of halogens is 1. The van der Waals surface area contributed by atoms with Gasteiger partial charge in [-0.15, -0.1) is 0 Å². The van der Waals surface area contributed by atoms with Gasteiger partial charge in [0.2, 0.25) is 0 Å². The molecule has 0 aliphatic carbocycles. The Morgan fingerprint density at radius 3 is 2.67 bits per heavy atom. The van der Waals surface area contributed by atoms with E-state index >= 15 is 0 Å². The van der Waals surface area contributed by atoms with Crippen LogP contribution in [0.1, 0.15) is 6.92 Å². The highest BCUT2D eigenvalue weighted by Crippen LogP contribution is 1.78. The summed E-state index contributed by atoms with van der Waals surface area (Å²) in [5.41, 5.74) is 1.34. The molecule has 0 fully saturated rings. The maximum Gasteiger partial charge on any atom is 0.0941 e. The summed E-state index contributed by atoms with van der Waals surface area (Å²) in [7, 11) is 0. The van der Waals surface area contributed by atoms with Crippen LogP contribution >= 0.6 is 11.6 Å². The van der Waals surface area contributed by atoms with Gasteiger partial charge in [0.1, 0.15) is 0 Å². The van der Waals surface area contributed by atoms with E-state index in [2.05, 4.69) is 4.74 Å². The lowest BCUT2D eigenvalue weighted by molar-refractivity contribution is 0.270. The summed E-state index contributed by atoms with van der Waals surface area (Å²) in [5, 5.41) is 0. The molecule has 0 radical (unpaired) electrons. The van der Waals surface area contributed by atoms with Crippen LogP contribution < -0.4 is 0 Å². The smallest absolute Gasteiger partial charge is 0.0941 e. The monoisotopic (exact) mass is 106 g/mol. The van der Waals surface area contributed by atoms with Gasteiger partial charge in [-0.3, -0.25) is 0 Å². The average molecular weight is 107 g/mol. The molecule has 0 bridgehead atoms. The van der Waals surface area contributed by atoms with Crippen molar-refractivity contribution in [3.8, 4) is 0 Å². The van der Waals surface area contributed by atoms with Crippen molar-refractivity contribution >= 4 is 11.6 Å². The Balaban J connectivity index is 2.66. The Labute approximate surface area is 42.6 Å². The molecule has 0 spiro atoms. The quantitative estimate of drug-likeness (QED) is 0.487. The first-order valence-corrected chi connectivity index (χ1v) is 2.22. The van der Waals surface area contributed by atoms with Crippen molar-refractivity contribution in [3.05, 3.63) is 11.8 Å². The first-order chi connectivity index (χ1) is 2.91. The first-order valence-electron chi connectivity index (χ1n) is 1.78. The van der Waals surface area contributed by atoms with Gasteiger partial charge >= 0.3 is 0 Å². The lowest BCUT2D eigenvalue weighted by Crippen LogP contribution is -1.73. The molecule has 6 heavy (non-hydrogen) atoms. The molecule has 0 N–H and O–H groups in total. The molecule has 0 saturated heterocycles. The lowest BCUT2D eigenvalue weighted by Gasteiger charge is -1.85. The minimum Gasteiger partial charge on any atom is -0.501 e. The SMILES string of the molecule is CCOC=CCl. The summed E-state index contributed by atoms with van der Waals surface area (Å²) >= 11 is 5.07. The maximum absolute atomic E-state index is 5.07. The summed E-state index contributed by atoms with van der Waals surface area (Å²) in [6.07, 6.45) is 1.45. The van der Waals surface area contributed by atoms with Crippen molar-refractivity contribution in [2.45, 2.75) is 6.92 Å². The predicted molar refractivity (Wildman–Crippen MR) is 26.6 cm³/mol. The van der Waals surface area contributed by atoms with E-state index < -0.39 is 0 Å². The van der Waals surface area contributed by atoms with Gasteiger partial charge in [-0.1, -0.05) is 11.6 Å². The Kier molecular flexibility index (Phi) is 4.69. The second-order valence-electron chi connectivity index (χ2n) is 0.717. The van der Waals surface area contributed by atoms with Crippen molar-refractivity contribution in [2.24, 2.45) is 0 Å². The Morgan fingerprint density at radius 2 is 2.50 bits per heavy atom. The summed E-state index contributed by atoms with van der Waals surface area (Å²) in [6, 6.07) is 0. The van der Waals surface area contributed by atoms with E-state index in [4.69, 9.17) is 11.6 Å². The van der Waals surface area contributed by atoms with Crippen molar-refractivity contribution in [2.75, 3.05) is 6.61 Å². The Morgan fingerprint density at radius 1 is 1.83 bits per heavy atom. The van der Waals surface area contributed by atoms with Gasteiger partial charge in [-0.25, -0.2) is 0 Å². The number of hydrogen-bond donors (Lipinski definition) is 0. The third kappa shape index (κ3) is 3.83. The third-order valence-electron chi connectivity index (χ3n) is 0.314. The molecule has 0 aromatic heterocycles. The van der Waals surface area contributed by atoms with Crippen LogP contribution in [0.4, 0.5) is 0 Å². The average Bonchev–Trinajstić information content (AvgIpc) is 1.61. The summed E-state index contributed by atoms with van der Waals surface area (Å²) in [6.45, 7) is 2.58. The molecule has 0 aromatic rings. The first kappa shape index (κ1) is 5.83. The zero-order valence-electron chi connectivity index (χ0n) is 3.65. The van der Waals surface area contributed by atoms with Crippen LogP contribution in [-0.2, 0) is 4.74 Å². The number of rotatable bonds is 2. The second-order valence-corrected chi connectivity index (χ2v) is 0.969. The van der Waals surface area contributed by atoms with Crippen molar-refractivity contribution in [1.82, 2.24) is 0 Å². The molecule has 1 nitrogen and oxygen atoms in total. The standard InChI is InChI=1S/C4H7ClO/c1-2-6-4-3-5/h3-4H,2H2,1H3. The van der Waals surface area contributed by atoms with Gasteiger partial charge in [0.25, 0.3) is 0 Å². The van der Waals surface area contributed by atoms with Gasteiger partial charge in [0.05, 0.1) is 12.9 Å². The van der Waals surface area contributed by atoms with Crippen LogP contribution in [0.25, 0.3) is 0 Å². The molecule has 0 saturated carbocycles. The van der Waals surface area contributed by atoms with Crippen molar-refractivity contribution in [1.29, 1.82) is 0 Å². The minimum absolute atomic E-state index is 0.684. The van der Waals surface area contributed by atoms with Crippen LogP contribution in [0.2, 0.25) is 0 Å². The third-order valence-corrected chi connectivity index (χ3v) is 0.417. The summed E-state index contributed by atoms with van der Waals surface area (Å²) in [4.78, 5) is 0. The number of hydrogen-bond acceptors (Lipinski definition) is 1. The van der Waals surface area contributed by atoms with E-state index in [1.807, 2.05) is 6.92 Å². The van der Waals surface area contributed by atoms with Crippen LogP contribution in [0.5, 0.6) is 0 Å². The van der Waals surface area contributed by atoms with E-state index in [1.54, 1.807) is 0 Å². The van der Waals surface area contributed by atoms with E-state index in [0.717, 1.165) is 0 Å². The molecule has 0 amide bonds. The van der Waals surface area contributed by atoms with Crippen LogP contribution in [0.3, 0.4) is 0 Å². The van der Waals surface area contributed by atoms with Gasteiger partial charge in [0, 0.05) is 5.54 Å². The van der Waals surface area contributed by atoms with Gasteiger partial charge < -0.3 is 4.74 Å². The van der Waals surface area contributed by atoms with Gasteiger partial charge in [0.15, 0.2) is 0 Å². The highest BCUT2D eigenvalue weighted by Gasteiger charge is 1.61. The van der Waals surface area contributed by atoms with Crippen LogP contribution in [-0.4, -0.2) is 6.61 Å². The van der Waals surface area contributed by atoms with Crippen LogP contribution in [0.15, 0.2) is 11.8 Å². The molecular weight excluding hydrogens is 99.5 g/mol. The van der Waals surface area contributed by atoms with Gasteiger partial charge in [-0.05, 0) is 6.92 Å². The zero-order valence-corrected chi connectivity index (χ0v) is 4.40. The fourth-order valence-electron chi connectivity index (χ4n) is 0.133. The zero-order chi connectivity index (χ0) is 4.83. The van der Waals surface area contributed by atoms with Crippen LogP contribution in [0, 0.1) is 0 Å². The van der Waals surface area contributed by atoms with Gasteiger partial charge in [-0.2, -0.15) is 0 Å². The fourth-order valence-corrected chi connectivity index (χ4v) is 0.205. The fraction of sp³-hybridized carbons (Fsp3) is 0.500. The Hall–Kier alpha value is -0.170. The molecule has 0 aromatic carbocycles. The molecule has 0 aliphatic heterocycles. The number of ether oxygens (including phenoxy) is 1. The highest BCUT2D eigenvalue weighted by molar-refractivity contribution is 6.25. The van der Waals surface area contributed by atoms with E-state index in [0.29, 0.717) is 6.61 Å². The summed E-state index contributed by atoms with van der Waals surface area (Å²) in [5.74, 6) is 0. The topological polar surface area (TPSA) is 9.23 Å². The molecule has 0 heterocycles. The van der Waals surface area contributed by atoms with E-state index in [-0.39, 0.29) is 0 Å². The Bertz CT molecular complexity index is 42.8. The molecule has 0 rings (SSSR count). The van der Waals surface area contributed by atoms with E-state index in [1.165, 1.54) is 11.8 Å². The normalized spacial score (nSPS) is 9.67. The van der Waals surface area contributed by atoms with E-state index in [9.17, 15) is 0 Å². The maximum atomic E-state index is 5.07. The highest BCUT2D eigenvalue weighted by atomic mass is 35.5. The lowest BCUT2D eigenvalue weighted by atomic mass is 10.9. The molecule has 0 unspecified atom stereocenters. The molecule has 0 aliphatic rings. The van der Waals surface area contributed by atoms with Crippen molar-refractivity contribution in [3.63, 3.8) is 0 Å². The summed E-state index contributed by atoms with van der Waals surface area (Å²) < 4.78 is 4.67. The molecule has 0 atom stereocenters. The second kappa shape index (κ2) is 4.83. The minimum atomic E-state index is 0.684. The molecule has 36 valence electrons. The molecular formula is C4H7ClO. The molecule has 2 heteroatoms.